The van der Waals surface area contributed by atoms with Gasteiger partial charge in [-0.25, -0.2) is 8.42 Å². The van der Waals surface area contributed by atoms with Crippen LogP contribution in [0.15, 0.2) is 35.4 Å². The first kappa shape index (κ1) is 25.4. The lowest BCUT2D eigenvalue weighted by Gasteiger charge is -2.39. The molecule has 11 nitrogen and oxygen atoms in total. The zero-order valence-corrected chi connectivity index (χ0v) is 22.5. The highest BCUT2D eigenvalue weighted by Gasteiger charge is 2.32. The summed E-state index contributed by atoms with van der Waals surface area (Å²) < 4.78 is 39.6. The Labute approximate surface area is 223 Å². The molecule has 6 rings (SSSR count). The Balaban J connectivity index is 1.18. The molecule has 1 aliphatic carbocycles. The first-order valence-electron chi connectivity index (χ1n) is 13.4. The third-order valence-corrected chi connectivity index (χ3v) is 9.80. The fourth-order valence-electron chi connectivity index (χ4n) is 5.45. The molecule has 0 bridgehead atoms. The van der Waals surface area contributed by atoms with Gasteiger partial charge in [-0.15, -0.1) is 0 Å². The highest BCUT2D eigenvalue weighted by Crippen LogP contribution is 2.33. The van der Waals surface area contributed by atoms with E-state index in [1.807, 2.05) is 12.3 Å². The third kappa shape index (κ3) is 5.05. The molecule has 0 spiro atoms. The number of aromatic nitrogens is 3. The van der Waals surface area contributed by atoms with Gasteiger partial charge in [0.25, 0.3) is 0 Å². The van der Waals surface area contributed by atoms with Gasteiger partial charge in [0.1, 0.15) is 17.2 Å². The molecule has 2 saturated heterocycles. The largest absolute Gasteiger partial charge is 0.495 e. The van der Waals surface area contributed by atoms with Crippen molar-refractivity contribution < 1.29 is 17.9 Å². The van der Waals surface area contributed by atoms with Crippen LogP contribution >= 0.6 is 0 Å². The van der Waals surface area contributed by atoms with Crippen molar-refractivity contribution >= 4 is 38.5 Å². The van der Waals surface area contributed by atoms with Crippen molar-refractivity contribution in [2.24, 2.45) is 0 Å². The Bertz CT molecular complexity index is 1380. The third-order valence-electron chi connectivity index (χ3n) is 7.90. The number of nitrogens with one attached hydrogen (secondary N) is 3. The lowest BCUT2D eigenvalue weighted by atomic mass is 9.93. The number of anilines is 3. The molecule has 38 heavy (non-hydrogen) atoms. The highest BCUT2D eigenvalue weighted by atomic mass is 32.2. The van der Waals surface area contributed by atoms with E-state index < -0.39 is 10.0 Å². The van der Waals surface area contributed by atoms with Crippen LogP contribution in [-0.4, -0.2) is 91.2 Å². The second kappa shape index (κ2) is 10.7. The van der Waals surface area contributed by atoms with Crippen molar-refractivity contribution in [1.29, 1.82) is 0 Å². The second-order valence-electron chi connectivity index (χ2n) is 10.2. The van der Waals surface area contributed by atoms with E-state index in [2.05, 4.69) is 25.5 Å². The van der Waals surface area contributed by atoms with Gasteiger partial charge in [0.2, 0.25) is 16.0 Å². The number of hydrogen-bond donors (Lipinski definition) is 3. The zero-order chi connectivity index (χ0) is 26.1. The van der Waals surface area contributed by atoms with Gasteiger partial charge in [-0.1, -0.05) is 0 Å². The maximum absolute atomic E-state index is 13.5. The number of fused-ring (bicyclic) bond motifs is 1. The fraction of sp³-hybridized carbons (Fsp3) is 0.538. The summed E-state index contributed by atoms with van der Waals surface area (Å²) in [4.78, 5) is 15.1. The molecule has 0 atom stereocenters. The van der Waals surface area contributed by atoms with E-state index in [1.54, 1.807) is 22.5 Å². The molecule has 3 fully saturated rings. The minimum atomic E-state index is -3.64. The molecule has 4 heterocycles. The molecule has 2 aliphatic heterocycles. The minimum Gasteiger partial charge on any atom is -0.495 e. The topological polar surface area (TPSA) is 125 Å². The lowest BCUT2D eigenvalue weighted by molar-refractivity contribution is 0.00610. The number of hydrogen-bond acceptors (Lipinski definition) is 9. The van der Waals surface area contributed by atoms with Gasteiger partial charge in [-0.2, -0.15) is 14.3 Å². The molecule has 3 N–H and O–H groups in total. The van der Waals surface area contributed by atoms with Gasteiger partial charge in [0.15, 0.2) is 0 Å². The average molecular weight is 542 g/mol. The normalized spacial score (nSPS) is 20.3. The minimum absolute atomic E-state index is 0.220. The number of rotatable bonds is 8. The Hall–Kier alpha value is -2.93. The summed E-state index contributed by atoms with van der Waals surface area (Å²) in [5, 5.41) is 7.68. The fourth-order valence-corrected chi connectivity index (χ4v) is 6.93. The standard InChI is InChI=1S/C26H35N7O4S/c1-36-23-17-20(38(34,35)33-11-8-19(9-12-33)32-13-15-37-16-14-32)5-6-22(23)29-26-30-24-21(7-10-27-24)25(31-26)28-18-3-2-4-18/h5-7,10,17-19H,2-4,8-9,11-16H2,1H3,(H3,27,28,29,30,31). The molecule has 3 aliphatic rings. The van der Waals surface area contributed by atoms with Crippen molar-refractivity contribution in [3.05, 3.63) is 30.5 Å². The quantitative estimate of drug-likeness (QED) is 0.394. The van der Waals surface area contributed by atoms with E-state index in [9.17, 15) is 8.42 Å². The van der Waals surface area contributed by atoms with Gasteiger partial charge >= 0.3 is 0 Å². The summed E-state index contributed by atoms with van der Waals surface area (Å²) in [6.07, 6.45) is 6.99. The van der Waals surface area contributed by atoms with Crippen LogP contribution in [0.5, 0.6) is 5.75 Å². The van der Waals surface area contributed by atoms with Crippen LogP contribution in [0.25, 0.3) is 11.0 Å². The summed E-state index contributed by atoms with van der Waals surface area (Å²) in [7, 11) is -2.11. The summed E-state index contributed by atoms with van der Waals surface area (Å²) >= 11 is 0. The van der Waals surface area contributed by atoms with E-state index in [-0.39, 0.29) is 4.90 Å². The molecule has 12 heteroatoms. The van der Waals surface area contributed by atoms with Crippen LogP contribution in [0.1, 0.15) is 32.1 Å². The Morgan fingerprint density at radius 2 is 1.84 bits per heavy atom. The zero-order valence-electron chi connectivity index (χ0n) is 21.6. The van der Waals surface area contributed by atoms with Crippen LogP contribution in [0.2, 0.25) is 0 Å². The first-order valence-corrected chi connectivity index (χ1v) is 14.8. The second-order valence-corrected chi connectivity index (χ2v) is 12.1. The molecule has 0 unspecified atom stereocenters. The maximum Gasteiger partial charge on any atom is 0.243 e. The molecule has 1 aromatic carbocycles. The van der Waals surface area contributed by atoms with Crippen LogP contribution in [0, 0.1) is 0 Å². The van der Waals surface area contributed by atoms with Gasteiger partial charge in [0.05, 0.1) is 36.3 Å². The molecular formula is C26H35N7O4S. The van der Waals surface area contributed by atoms with Crippen LogP contribution < -0.4 is 15.4 Å². The number of benzene rings is 1. The summed E-state index contributed by atoms with van der Waals surface area (Å²) in [6.45, 7) is 4.35. The van der Waals surface area contributed by atoms with Crippen LogP contribution in [0.4, 0.5) is 17.5 Å². The van der Waals surface area contributed by atoms with Crippen molar-refractivity contribution in [1.82, 2.24) is 24.2 Å². The monoisotopic (exact) mass is 541 g/mol. The summed E-state index contributed by atoms with van der Waals surface area (Å²) in [5.74, 6) is 1.60. The smallest absolute Gasteiger partial charge is 0.243 e. The molecule has 2 aromatic heterocycles. The predicted molar refractivity (Wildman–Crippen MR) is 146 cm³/mol. The molecule has 1 saturated carbocycles. The Morgan fingerprint density at radius 3 is 2.55 bits per heavy atom. The summed E-state index contributed by atoms with van der Waals surface area (Å²) in [5.41, 5.74) is 1.32. The maximum atomic E-state index is 13.5. The Morgan fingerprint density at radius 1 is 1.05 bits per heavy atom. The number of sulfonamides is 1. The van der Waals surface area contributed by atoms with Gasteiger partial charge < -0.3 is 25.1 Å². The number of morpholine rings is 1. The average Bonchev–Trinajstić information content (AvgIpc) is 3.40. The number of nitrogens with zero attached hydrogens (tertiary/aromatic N) is 4. The number of piperidine rings is 1. The number of aromatic amines is 1. The molecule has 204 valence electrons. The number of H-pyrrole nitrogens is 1. The van der Waals surface area contributed by atoms with Crippen molar-refractivity contribution in [2.75, 3.05) is 57.1 Å². The van der Waals surface area contributed by atoms with Crippen molar-refractivity contribution in [3.8, 4) is 5.75 Å². The van der Waals surface area contributed by atoms with Gasteiger partial charge in [0, 0.05) is 50.5 Å². The predicted octanol–water partition coefficient (Wildman–Crippen LogP) is 3.16. The Kier molecular flexibility index (Phi) is 7.12. The number of ether oxygens (including phenoxy) is 2. The van der Waals surface area contributed by atoms with E-state index in [0.29, 0.717) is 42.6 Å². The van der Waals surface area contributed by atoms with Gasteiger partial charge in [-0.05, 0) is 50.3 Å². The first-order chi connectivity index (χ1) is 18.5. The SMILES string of the molecule is COc1cc(S(=O)(=O)N2CCC(N3CCOCC3)CC2)ccc1Nc1nc(NC2CCC2)c2cc[nH]c2n1. The van der Waals surface area contributed by atoms with E-state index in [4.69, 9.17) is 14.5 Å². The molecule has 3 aromatic rings. The van der Waals surface area contributed by atoms with E-state index in [1.165, 1.54) is 13.5 Å². The van der Waals surface area contributed by atoms with Gasteiger partial charge in [-0.3, -0.25) is 4.90 Å². The lowest BCUT2D eigenvalue weighted by Crippen LogP contribution is -2.50. The van der Waals surface area contributed by atoms with E-state index in [0.717, 1.165) is 68.8 Å². The van der Waals surface area contributed by atoms with Crippen LogP contribution in [-0.2, 0) is 14.8 Å². The van der Waals surface area contributed by atoms with E-state index >= 15 is 0 Å². The highest BCUT2D eigenvalue weighted by molar-refractivity contribution is 7.89. The molecular weight excluding hydrogens is 506 g/mol. The van der Waals surface area contributed by atoms with Crippen LogP contribution in [0.3, 0.4) is 0 Å². The molecule has 0 radical (unpaired) electrons. The van der Waals surface area contributed by atoms with Crippen molar-refractivity contribution in [2.45, 2.75) is 49.1 Å². The molecule has 0 amide bonds. The van der Waals surface area contributed by atoms with Crippen molar-refractivity contribution in [3.63, 3.8) is 0 Å². The summed E-state index contributed by atoms with van der Waals surface area (Å²) in [6, 6.07) is 7.71. The number of methoxy groups -OCH3 is 1.